The Morgan fingerprint density at radius 2 is 2.04 bits per heavy atom. The van der Waals surface area contributed by atoms with Crippen molar-refractivity contribution in [3.05, 3.63) is 40.9 Å². The van der Waals surface area contributed by atoms with E-state index >= 15 is 0 Å². The first kappa shape index (κ1) is 18.0. The Morgan fingerprint density at radius 1 is 1.28 bits per heavy atom. The minimum absolute atomic E-state index is 0.0955. The molecule has 1 amide bonds. The SMILES string of the molecule is Cc1ccc(-c2nc(CCC(=O)NCCN3CCOCC3)cs2)cc1. The van der Waals surface area contributed by atoms with Crippen LogP contribution in [0, 0.1) is 6.92 Å². The molecule has 0 spiro atoms. The number of nitrogens with one attached hydrogen (secondary N) is 1. The number of morpholine rings is 1. The van der Waals surface area contributed by atoms with Crippen LogP contribution >= 0.6 is 11.3 Å². The molecule has 2 aromatic rings. The number of hydrogen-bond acceptors (Lipinski definition) is 5. The fourth-order valence-corrected chi connectivity index (χ4v) is 3.62. The molecule has 1 aliphatic rings. The Kier molecular flexibility index (Phi) is 6.55. The molecule has 1 aromatic carbocycles. The molecule has 2 heterocycles. The smallest absolute Gasteiger partial charge is 0.220 e. The average Bonchev–Trinajstić information content (AvgIpc) is 3.10. The maximum absolute atomic E-state index is 12.0. The Morgan fingerprint density at radius 3 is 2.80 bits per heavy atom. The first-order chi connectivity index (χ1) is 12.2. The van der Waals surface area contributed by atoms with E-state index in [1.807, 2.05) is 0 Å². The van der Waals surface area contributed by atoms with Crippen LogP contribution in [0.15, 0.2) is 29.6 Å². The van der Waals surface area contributed by atoms with Gasteiger partial charge in [0.25, 0.3) is 0 Å². The van der Waals surface area contributed by atoms with Gasteiger partial charge in [0.15, 0.2) is 0 Å². The third-order valence-corrected chi connectivity index (χ3v) is 5.25. The monoisotopic (exact) mass is 359 g/mol. The first-order valence-electron chi connectivity index (χ1n) is 8.79. The molecule has 1 N–H and O–H groups in total. The Hall–Kier alpha value is -1.76. The second-order valence-electron chi connectivity index (χ2n) is 6.31. The van der Waals surface area contributed by atoms with Crippen molar-refractivity contribution >= 4 is 17.2 Å². The van der Waals surface area contributed by atoms with Gasteiger partial charge in [-0.1, -0.05) is 29.8 Å². The minimum atomic E-state index is 0.0955. The lowest BCUT2D eigenvalue weighted by atomic mass is 10.1. The van der Waals surface area contributed by atoms with Gasteiger partial charge in [-0.25, -0.2) is 4.98 Å². The summed E-state index contributed by atoms with van der Waals surface area (Å²) in [7, 11) is 0. The third-order valence-electron chi connectivity index (χ3n) is 4.31. The number of thiazole rings is 1. The molecule has 0 radical (unpaired) electrons. The van der Waals surface area contributed by atoms with Gasteiger partial charge in [0, 0.05) is 43.5 Å². The molecular formula is C19H25N3O2S. The summed E-state index contributed by atoms with van der Waals surface area (Å²) in [4.78, 5) is 19.0. The van der Waals surface area contributed by atoms with Crippen molar-refractivity contribution in [3.8, 4) is 10.6 Å². The quantitative estimate of drug-likeness (QED) is 0.825. The number of aromatic nitrogens is 1. The van der Waals surface area contributed by atoms with Gasteiger partial charge in [-0.05, 0) is 13.3 Å². The minimum Gasteiger partial charge on any atom is -0.379 e. The average molecular weight is 359 g/mol. The van der Waals surface area contributed by atoms with Gasteiger partial charge in [-0.15, -0.1) is 11.3 Å². The van der Waals surface area contributed by atoms with Gasteiger partial charge in [0.1, 0.15) is 5.01 Å². The fraction of sp³-hybridized carbons (Fsp3) is 0.474. The van der Waals surface area contributed by atoms with E-state index in [0.717, 1.165) is 49.1 Å². The fourth-order valence-electron chi connectivity index (χ4n) is 2.76. The van der Waals surface area contributed by atoms with E-state index in [-0.39, 0.29) is 5.91 Å². The number of hydrogen-bond donors (Lipinski definition) is 1. The van der Waals surface area contributed by atoms with E-state index < -0.39 is 0 Å². The number of carbonyl (C=O) groups is 1. The lowest BCUT2D eigenvalue weighted by Gasteiger charge is -2.26. The van der Waals surface area contributed by atoms with Gasteiger partial charge in [0.05, 0.1) is 18.9 Å². The molecule has 1 fully saturated rings. The molecule has 3 rings (SSSR count). The lowest BCUT2D eigenvalue weighted by molar-refractivity contribution is -0.121. The molecule has 0 atom stereocenters. The highest BCUT2D eigenvalue weighted by Crippen LogP contribution is 2.24. The zero-order valence-corrected chi connectivity index (χ0v) is 15.5. The van der Waals surface area contributed by atoms with Gasteiger partial charge in [0.2, 0.25) is 5.91 Å². The topological polar surface area (TPSA) is 54.5 Å². The molecule has 5 nitrogen and oxygen atoms in total. The van der Waals surface area contributed by atoms with Crippen LogP contribution in [0.25, 0.3) is 10.6 Å². The van der Waals surface area contributed by atoms with Gasteiger partial charge < -0.3 is 10.1 Å². The van der Waals surface area contributed by atoms with E-state index in [0.29, 0.717) is 19.4 Å². The number of nitrogens with zero attached hydrogens (tertiary/aromatic N) is 2. The summed E-state index contributed by atoms with van der Waals surface area (Å²) in [6, 6.07) is 8.38. The van der Waals surface area contributed by atoms with Crippen LogP contribution in [0.1, 0.15) is 17.7 Å². The highest BCUT2D eigenvalue weighted by molar-refractivity contribution is 7.13. The van der Waals surface area contributed by atoms with Crippen LogP contribution in [0.4, 0.5) is 0 Å². The number of amides is 1. The summed E-state index contributed by atoms with van der Waals surface area (Å²) in [5.74, 6) is 0.0955. The molecule has 1 aliphatic heterocycles. The lowest BCUT2D eigenvalue weighted by Crippen LogP contribution is -2.41. The maximum atomic E-state index is 12.0. The molecule has 6 heteroatoms. The normalized spacial score (nSPS) is 15.2. The molecule has 0 bridgehead atoms. The summed E-state index contributed by atoms with van der Waals surface area (Å²) in [5, 5.41) is 6.07. The number of ether oxygens (including phenoxy) is 1. The second kappa shape index (κ2) is 9.08. The molecule has 0 saturated carbocycles. The van der Waals surface area contributed by atoms with Gasteiger partial charge >= 0.3 is 0 Å². The van der Waals surface area contributed by atoms with Crippen LogP contribution in [-0.2, 0) is 16.0 Å². The van der Waals surface area contributed by atoms with Crippen molar-refractivity contribution in [2.75, 3.05) is 39.4 Å². The summed E-state index contributed by atoms with van der Waals surface area (Å²) in [6.45, 7) is 7.16. The molecular weight excluding hydrogens is 334 g/mol. The predicted molar refractivity (Wildman–Crippen MR) is 101 cm³/mol. The van der Waals surface area contributed by atoms with E-state index in [4.69, 9.17) is 4.74 Å². The third kappa shape index (κ3) is 5.63. The highest BCUT2D eigenvalue weighted by atomic mass is 32.1. The van der Waals surface area contributed by atoms with Gasteiger partial charge in [-0.2, -0.15) is 0 Å². The van der Waals surface area contributed by atoms with Crippen molar-refractivity contribution in [2.24, 2.45) is 0 Å². The van der Waals surface area contributed by atoms with Crippen molar-refractivity contribution in [1.29, 1.82) is 0 Å². The Bertz CT molecular complexity index is 678. The predicted octanol–water partition coefficient (Wildman–Crippen LogP) is 2.50. The first-order valence-corrected chi connectivity index (χ1v) is 9.67. The summed E-state index contributed by atoms with van der Waals surface area (Å²) >= 11 is 1.64. The molecule has 0 aliphatic carbocycles. The number of rotatable bonds is 7. The van der Waals surface area contributed by atoms with Crippen molar-refractivity contribution in [3.63, 3.8) is 0 Å². The van der Waals surface area contributed by atoms with Crippen molar-refractivity contribution < 1.29 is 9.53 Å². The van der Waals surface area contributed by atoms with E-state index in [9.17, 15) is 4.79 Å². The van der Waals surface area contributed by atoms with Crippen LogP contribution in [0.5, 0.6) is 0 Å². The van der Waals surface area contributed by atoms with E-state index in [2.05, 4.69) is 51.8 Å². The molecule has 1 aromatic heterocycles. The molecule has 1 saturated heterocycles. The Balaban J connectivity index is 1.39. The highest BCUT2D eigenvalue weighted by Gasteiger charge is 2.11. The summed E-state index contributed by atoms with van der Waals surface area (Å²) < 4.78 is 5.32. The second-order valence-corrected chi connectivity index (χ2v) is 7.17. The zero-order chi connectivity index (χ0) is 17.5. The number of carbonyl (C=O) groups excluding carboxylic acids is 1. The van der Waals surface area contributed by atoms with Crippen molar-refractivity contribution in [1.82, 2.24) is 15.2 Å². The van der Waals surface area contributed by atoms with E-state index in [1.165, 1.54) is 5.56 Å². The molecule has 0 unspecified atom stereocenters. The van der Waals surface area contributed by atoms with Crippen LogP contribution < -0.4 is 5.32 Å². The van der Waals surface area contributed by atoms with Crippen LogP contribution in [-0.4, -0.2) is 55.2 Å². The maximum Gasteiger partial charge on any atom is 0.220 e. The number of aryl methyl sites for hydroxylation is 2. The molecule has 25 heavy (non-hydrogen) atoms. The van der Waals surface area contributed by atoms with Gasteiger partial charge in [-0.3, -0.25) is 9.69 Å². The summed E-state index contributed by atoms with van der Waals surface area (Å²) in [6.07, 6.45) is 1.17. The zero-order valence-electron chi connectivity index (χ0n) is 14.7. The standard InChI is InChI=1S/C19H25N3O2S/c1-15-2-4-16(5-3-15)19-21-17(14-25-19)6-7-18(23)20-8-9-22-10-12-24-13-11-22/h2-5,14H,6-13H2,1H3,(H,20,23). The number of benzene rings is 1. The summed E-state index contributed by atoms with van der Waals surface area (Å²) in [5.41, 5.74) is 3.37. The molecule has 134 valence electrons. The van der Waals surface area contributed by atoms with Crippen molar-refractivity contribution in [2.45, 2.75) is 19.8 Å². The van der Waals surface area contributed by atoms with Crippen LogP contribution in [0.3, 0.4) is 0 Å². The van der Waals surface area contributed by atoms with Crippen LogP contribution in [0.2, 0.25) is 0 Å². The Labute approximate surface area is 153 Å². The largest absolute Gasteiger partial charge is 0.379 e. The van der Waals surface area contributed by atoms with E-state index in [1.54, 1.807) is 11.3 Å².